The van der Waals surface area contributed by atoms with Gasteiger partial charge in [-0.15, -0.1) is 0 Å². The van der Waals surface area contributed by atoms with E-state index in [1.54, 1.807) is 0 Å². The maximum atomic E-state index is 8.85. The second kappa shape index (κ2) is 8.31. The molecule has 17 heavy (non-hydrogen) atoms. The number of hydrogen-bond acceptors (Lipinski definition) is 4. The van der Waals surface area contributed by atoms with E-state index in [0.29, 0.717) is 24.9 Å². The third kappa shape index (κ3) is 5.37. The normalized spacial score (nSPS) is 22.2. The Labute approximate surface area is 103 Å². The van der Waals surface area contributed by atoms with Crippen LogP contribution in [0.25, 0.3) is 0 Å². The fraction of sp³-hybridized carbons (Fsp3) is 0.917. The average Bonchev–Trinajstić information content (AvgIpc) is 2.79. The van der Waals surface area contributed by atoms with Crippen LogP contribution in [0.4, 0.5) is 0 Å². The zero-order chi connectivity index (χ0) is 12.5. The van der Waals surface area contributed by atoms with Crippen molar-refractivity contribution in [2.45, 2.75) is 51.0 Å². The molecule has 1 rings (SSSR count). The van der Waals surface area contributed by atoms with Crippen LogP contribution in [0, 0.1) is 0 Å². The summed E-state index contributed by atoms with van der Waals surface area (Å²) in [5, 5.41) is 20.2. The van der Waals surface area contributed by atoms with E-state index in [2.05, 4.69) is 10.1 Å². The summed E-state index contributed by atoms with van der Waals surface area (Å²) in [5.74, 6) is 0.322. The molecule has 100 valence electrons. The number of aliphatic hydroxyl groups is 1. The van der Waals surface area contributed by atoms with Gasteiger partial charge in [-0.25, -0.2) is 0 Å². The van der Waals surface area contributed by atoms with Gasteiger partial charge in [0.05, 0.1) is 0 Å². The minimum Gasteiger partial charge on any atom is -0.409 e. The lowest BCUT2D eigenvalue weighted by Gasteiger charge is -2.24. The molecule has 0 aromatic carbocycles. The number of nitrogens with zero attached hydrogens (tertiary/aromatic N) is 2. The van der Waals surface area contributed by atoms with Gasteiger partial charge in [0.25, 0.3) is 0 Å². The monoisotopic (exact) mass is 243 g/mol. The van der Waals surface area contributed by atoms with Crippen molar-refractivity contribution in [2.75, 3.05) is 19.7 Å². The first-order chi connectivity index (χ1) is 8.27. The molecule has 1 aliphatic rings. The highest BCUT2D eigenvalue weighted by atomic mass is 16.4. The van der Waals surface area contributed by atoms with Gasteiger partial charge in [0.15, 0.2) is 0 Å². The van der Waals surface area contributed by atoms with Crippen LogP contribution in [-0.2, 0) is 0 Å². The second-order valence-corrected chi connectivity index (χ2v) is 4.75. The molecule has 0 aliphatic carbocycles. The van der Waals surface area contributed by atoms with Gasteiger partial charge in [-0.05, 0) is 51.6 Å². The van der Waals surface area contributed by atoms with Crippen molar-refractivity contribution in [2.24, 2.45) is 10.9 Å². The van der Waals surface area contributed by atoms with E-state index in [-0.39, 0.29) is 0 Å². The lowest BCUT2D eigenvalue weighted by molar-refractivity contribution is 0.213. The molecule has 1 saturated heterocycles. The maximum absolute atomic E-state index is 8.85. The Morgan fingerprint density at radius 1 is 1.35 bits per heavy atom. The third-order valence-corrected chi connectivity index (χ3v) is 3.45. The van der Waals surface area contributed by atoms with Crippen LogP contribution in [0.2, 0.25) is 0 Å². The molecule has 4 N–H and O–H groups in total. The van der Waals surface area contributed by atoms with Crippen molar-refractivity contribution >= 4 is 5.84 Å². The van der Waals surface area contributed by atoms with Crippen LogP contribution in [-0.4, -0.2) is 46.8 Å². The molecule has 5 heteroatoms. The zero-order valence-electron chi connectivity index (χ0n) is 10.5. The Morgan fingerprint density at radius 3 is 2.88 bits per heavy atom. The Kier molecular flexibility index (Phi) is 6.96. The molecule has 0 aromatic rings. The first-order valence-electron chi connectivity index (χ1n) is 6.59. The number of nitrogens with two attached hydrogens (primary N) is 1. The highest BCUT2D eigenvalue weighted by Gasteiger charge is 2.22. The number of oxime groups is 1. The molecule has 0 aromatic heterocycles. The van der Waals surface area contributed by atoms with Crippen molar-refractivity contribution in [3.63, 3.8) is 0 Å². The average molecular weight is 243 g/mol. The number of rotatable bonds is 8. The summed E-state index contributed by atoms with van der Waals surface area (Å²) >= 11 is 0. The highest BCUT2D eigenvalue weighted by molar-refractivity contribution is 5.79. The lowest BCUT2D eigenvalue weighted by atomic mass is 10.1. The first-order valence-corrected chi connectivity index (χ1v) is 6.59. The van der Waals surface area contributed by atoms with Crippen LogP contribution < -0.4 is 5.73 Å². The summed E-state index contributed by atoms with van der Waals surface area (Å²) in [4.78, 5) is 2.52. The van der Waals surface area contributed by atoms with Gasteiger partial charge in [0.1, 0.15) is 5.84 Å². The Balaban J connectivity index is 2.12. The van der Waals surface area contributed by atoms with Crippen LogP contribution >= 0.6 is 0 Å². The smallest absolute Gasteiger partial charge is 0.139 e. The van der Waals surface area contributed by atoms with Gasteiger partial charge in [-0.1, -0.05) is 5.16 Å². The van der Waals surface area contributed by atoms with E-state index >= 15 is 0 Å². The van der Waals surface area contributed by atoms with Crippen LogP contribution in [0.5, 0.6) is 0 Å². The number of amidine groups is 1. The van der Waals surface area contributed by atoms with Gasteiger partial charge in [-0.2, -0.15) is 0 Å². The maximum Gasteiger partial charge on any atom is 0.139 e. The Hall–Kier alpha value is -0.810. The number of likely N-dealkylation sites (tertiary alicyclic amines) is 1. The molecule has 1 unspecified atom stereocenters. The molecular formula is C12H25N3O2. The van der Waals surface area contributed by atoms with Crippen LogP contribution in [0.3, 0.4) is 0 Å². The quantitative estimate of drug-likeness (QED) is 0.196. The lowest BCUT2D eigenvalue weighted by Crippen LogP contribution is -2.30. The minimum absolute atomic E-state index is 0.299. The molecule has 1 aliphatic heterocycles. The first kappa shape index (κ1) is 14.3. The predicted molar refractivity (Wildman–Crippen MR) is 68.2 cm³/mol. The number of aliphatic hydroxyl groups excluding tert-OH is 1. The van der Waals surface area contributed by atoms with E-state index in [1.165, 1.54) is 19.4 Å². The van der Waals surface area contributed by atoms with E-state index in [1.807, 2.05) is 0 Å². The van der Waals surface area contributed by atoms with Gasteiger partial charge < -0.3 is 20.9 Å². The molecule has 0 amide bonds. The van der Waals surface area contributed by atoms with Gasteiger partial charge in [0.2, 0.25) is 0 Å². The largest absolute Gasteiger partial charge is 0.409 e. The Morgan fingerprint density at radius 2 is 2.18 bits per heavy atom. The third-order valence-electron chi connectivity index (χ3n) is 3.45. The molecule has 5 nitrogen and oxygen atoms in total. The molecule has 1 heterocycles. The van der Waals surface area contributed by atoms with Crippen molar-refractivity contribution in [3.05, 3.63) is 0 Å². The van der Waals surface area contributed by atoms with Gasteiger partial charge >= 0.3 is 0 Å². The molecular weight excluding hydrogens is 218 g/mol. The molecule has 0 bridgehead atoms. The molecule has 1 fully saturated rings. The highest BCUT2D eigenvalue weighted by Crippen LogP contribution is 2.21. The van der Waals surface area contributed by atoms with E-state index in [0.717, 1.165) is 32.2 Å². The fourth-order valence-electron chi connectivity index (χ4n) is 2.51. The van der Waals surface area contributed by atoms with Crippen molar-refractivity contribution in [1.82, 2.24) is 4.90 Å². The summed E-state index contributed by atoms with van der Waals surface area (Å²) in [5.41, 5.74) is 5.42. The molecule has 0 radical (unpaired) electrons. The van der Waals surface area contributed by atoms with Gasteiger partial charge in [0, 0.05) is 19.1 Å². The molecule has 0 spiro atoms. The van der Waals surface area contributed by atoms with Crippen LogP contribution in [0.1, 0.15) is 44.9 Å². The summed E-state index contributed by atoms with van der Waals surface area (Å²) < 4.78 is 0. The fourth-order valence-corrected chi connectivity index (χ4v) is 2.51. The standard InChI is InChI=1S/C12H25N3O2/c13-12(14-17)7-1-2-8-15-9-3-5-11(15)6-4-10-16/h11,16-17H,1-10H2,(H2,13,14). The second-order valence-electron chi connectivity index (χ2n) is 4.75. The van der Waals surface area contributed by atoms with Crippen LogP contribution in [0.15, 0.2) is 5.16 Å². The summed E-state index contributed by atoms with van der Waals surface area (Å²) in [6, 6.07) is 0.658. The Bertz CT molecular complexity index is 234. The number of hydrogen-bond donors (Lipinski definition) is 3. The van der Waals surface area contributed by atoms with Crippen molar-refractivity contribution < 1.29 is 10.3 Å². The topological polar surface area (TPSA) is 82.1 Å². The van der Waals surface area contributed by atoms with E-state index in [9.17, 15) is 0 Å². The molecule has 0 saturated carbocycles. The van der Waals surface area contributed by atoms with E-state index in [4.69, 9.17) is 16.0 Å². The van der Waals surface area contributed by atoms with Gasteiger partial charge in [-0.3, -0.25) is 0 Å². The number of unbranched alkanes of at least 4 members (excludes halogenated alkanes) is 1. The summed E-state index contributed by atoms with van der Waals surface area (Å²) in [6.07, 6.45) is 7.29. The van der Waals surface area contributed by atoms with E-state index < -0.39 is 0 Å². The SMILES string of the molecule is NC(CCCCN1CCCC1CCCO)=NO. The predicted octanol–water partition coefficient (Wildman–Crippen LogP) is 1.14. The molecule has 1 atom stereocenters. The zero-order valence-corrected chi connectivity index (χ0v) is 10.5. The van der Waals surface area contributed by atoms with Crippen molar-refractivity contribution in [1.29, 1.82) is 0 Å². The summed E-state index contributed by atoms with van der Waals surface area (Å²) in [6.45, 7) is 2.57. The van der Waals surface area contributed by atoms with Crippen molar-refractivity contribution in [3.8, 4) is 0 Å². The minimum atomic E-state index is 0.299. The summed E-state index contributed by atoms with van der Waals surface area (Å²) in [7, 11) is 0.